The lowest BCUT2D eigenvalue weighted by Gasteiger charge is -2.09. The van der Waals surface area contributed by atoms with Crippen LogP contribution in [-0.2, 0) is 11.3 Å². The Morgan fingerprint density at radius 2 is 1.80 bits per heavy atom. The van der Waals surface area contributed by atoms with Crippen molar-refractivity contribution < 1.29 is 18.0 Å². The molecule has 0 radical (unpaired) electrons. The zero-order valence-electron chi connectivity index (χ0n) is 10.3. The van der Waals surface area contributed by atoms with Crippen molar-refractivity contribution in [2.75, 3.05) is 0 Å². The van der Waals surface area contributed by atoms with Crippen molar-refractivity contribution in [3.63, 3.8) is 0 Å². The summed E-state index contributed by atoms with van der Waals surface area (Å²) < 4.78 is 36.2. The molecule has 2 aromatic rings. The Morgan fingerprint density at radius 1 is 1.10 bits per heavy atom. The van der Waals surface area contributed by atoms with Gasteiger partial charge in [0.2, 0.25) is 0 Å². The number of carbonyl (C=O) groups is 1. The van der Waals surface area contributed by atoms with E-state index in [4.69, 9.17) is 0 Å². The van der Waals surface area contributed by atoms with Crippen LogP contribution in [0.1, 0.15) is 5.56 Å². The monoisotopic (exact) mass is 280 g/mol. The van der Waals surface area contributed by atoms with Gasteiger partial charge in [-0.05, 0) is 34.9 Å². The highest BCUT2D eigenvalue weighted by atomic mass is 19.4. The number of carbonyl (C=O) groups excluding carboxylic acids is 1. The van der Waals surface area contributed by atoms with Gasteiger partial charge in [-0.3, -0.25) is 9.78 Å². The lowest BCUT2D eigenvalue weighted by atomic mass is 10.0. The van der Waals surface area contributed by atoms with Gasteiger partial charge in [-0.15, -0.1) is 0 Å². The molecule has 0 spiro atoms. The molecule has 0 saturated heterocycles. The maximum absolute atomic E-state index is 12.1. The van der Waals surface area contributed by atoms with Gasteiger partial charge in [-0.2, -0.15) is 13.2 Å². The van der Waals surface area contributed by atoms with Crippen LogP contribution in [0.2, 0.25) is 0 Å². The largest absolute Gasteiger partial charge is 0.471 e. The fraction of sp³-hybridized carbons (Fsp3) is 0.143. The highest BCUT2D eigenvalue weighted by molar-refractivity contribution is 5.81. The third-order valence-corrected chi connectivity index (χ3v) is 2.65. The van der Waals surface area contributed by atoms with Crippen LogP contribution < -0.4 is 5.32 Å². The normalized spacial score (nSPS) is 11.2. The second-order valence-electron chi connectivity index (χ2n) is 4.12. The van der Waals surface area contributed by atoms with Crippen LogP contribution in [-0.4, -0.2) is 17.1 Å². The zero-order chi connectivity index (χ0) is 14.6. The fourth-order valence-electron chi connectivity index (χ4n) is 1.69. The molecule has 20 heavy (non-hydrogen) atoms. The number of nitrogens with zero attached hydrogens (tertiary/aromatic N) is 1. The smallest absolute Gasteiger partial charge is 0.344 e. The quantitative estimate of drug-likeness (QED) is 0.939. The van der Waals surface area contributed by atoms with E-state index in [-0.39, 0.29) is 6.54 Å². The summed E-state index contributed by atoms with van der Waals surface area (Å²) in [6.45, 7) is -0.169. The van der Waals surface area contributed by atoms with Gasteiger partial charge in [0.25, 0.3) is 0 Å². The van der Waals surface area contributed by atoms with Gasteiger partial charge in [0.05, 0.1) is 0 Å². The molecule has 0 aliphatic carbocycles. The number of alkyl halides is 3. The SMILES string of the molecule is O=C(NCc1cccc(-c2ccncc2)c1)C(F)(F)F. The lowest BCUT2D eigenvalue weighted by molar-refractivity contribution is -0.173. The minimum Gasteiger partial charge on any atom is -0.344 e. The zero-order valence-corrected chi connectivity index (χ0v) is 10.3. The highest BCUT2D eigenvalue weighted by Crippen LogP contribution is 2.20. The minimum atomic E-state index is -4.86. The molecule has 0 atom stereocenters. The summed E-state index contributed by atoms with van der Waals surface area (Å²) in [4.78, 5) is 14.6. The van der Waals surface area contributed by atoms with E-state index in [1.807, 2.05) is 11.4 Å². The Balaban J connectivity index is 2.10. The second-order valence-corrected chi connectivity index (χ2v) is 4.12. The summed E-state index contributed by atoms with van der Waals surface area (Å²) in [5.74, 6) is -1.94. The van der Waals surface area contributed by atoms with Crippen LogP contribution in [0.15, 0.2) is 48.8 Å². The fourth-order valence-corrected chi connectivity index (χ4v) is 1.69. The molecule has 1 heterocycles. The minimum absolute atomic E-state index is 0.169. The molecule has 0 bridgehead atoms. The number of rotatable bonds is 3. The van der Waals surface area contributed by atoms with Crippen molar-refractivity contribution in [2.24, 2.45) is 0 Å². The number of pyridine rings is 1. The van der Waals surface area contributed by atoms with Crippen LogP contribution in [0.3, 0.4) is 0 Å². The summed E-state index contributed by atoms with van der Waals surface area (Å²) in [6.07, 6.45) is -1.59. The molecular weight excluding hydrogens is 269 g/mol. The first-order valence-corrected chi connectivity index (χ1v) is 5.81. The molecule has 1 aromatic carbocycles. The number of hydrogen-bond acceptors (Lipinski definition) is 2. The molecular formula is C14H11F3N2O. The molecule has 3 nitrogen and oxygen atoms in total. The lowest BCUT2D eigenvalue weighted by Crippen LogP contribution is -2.36. The van der Waals surface area contributed by atoms with Crippen LogP contribution in [0.4, 0.5) is 13.2 Å². The average molecular weight is 280 g/mol. The second kappa shape index (κ2) is 5.73. The van der Waals surface area contributed by atoms with Gasteiger partial charge >= 0.3 is 12.1 Å². The summed E-state index contributed by atoms with van der Waals surface area (Å²) in [6, 6.07) is 10.5. The van der Waals surface area contributed by atoms with E-state index in [2.05, 4.69) is 4.98 Å². The summed E-state index contributed by atoms with van der Waals surface area (Å²) in [5, 5.41) is 1.84. The van der Waals surface area contributed by atoms with E-state index in [1.54, 1.807) is 42.7 Å². The number of halogens is 3. The molecule has 1 aromatic heterocycles. The van der Waals surface area contributed by atoms with Crippen molar-refractivity contribution in [2.45, 2.75) is 12.7 Å². The Morgan fingerprint density at radius 3 is 2.45 bits per heavy atom. The van der Waals surface area contributed by atoms with Gasteiger partial charge in [0.15, 0.2) is 0 Å². The maximum Gasteiger partial charge on any atom is 0.471 e. The first kappa shape index (κ1) is 14.0. The van der Waals surface area contributed by atoms with E-state index in [0.29, 0.717) is 5.56 Å². The molecule has 0 fully saturated rings. The van der Waals surface area contributed by atoms with E-state index in [1.165, 1.54) is 0 Å². The van der Waals surface area contributed by atoms with Crippen LogP contribution in [0.25, 0.3) is 11.1 Å². The molecule has 2 rings (SSSR count). The molecule has 0 saturated carbocycles. The number of hydrogen-bond donors (Lipinski definition) is 1. The van der Waals surface area contributed by atoms with Gasteiger partial charge in [0.1, 0.15) is 0 Å². The van der Waals surface area contributed by atoms with E-state index < -0.39 is 12.1 Å². The van der Waals surface area contributed by atoms with Crippen LogP contribution in [0, 0.1) is 0 Å². The van der Waals surface area contributed by atoms with Crippen molar-refractivity contribution in [3.8, 4) is 11.1 Å². The predicted molar refractivity (Wildman–Crippen MR) is 67.6 cm³/mol. The molecule has 0 unspecified atom stereocenters. The van der Waals surface area contributed by atoms with Crippen LogP contribution in [0.5, 0.6) is 0 Å². The Hall–Kier alpha value is -2.37. The van der Waals surface area contributed by atoms with Gasteiger partial charge in [-0.25, -0.2) is 0 Å². The third-order valence-electron chi connectivity index (χ3n) is 2.65. The van der Waals surface area contributed by atoms with E-state index in [9.17, 15) is 18.0 Å². The van der Waals surface area contributed by atoms with Crippen molar-refractivity contribution in [3.05, 3.63) is 54.4 Å². The standard InChI is InChI=1S/C14H11F3N2O/c15-14(16,17)13(20)19-9-10-2-1-3-12(8-10)11-4-6-18-7-5-11/h1-8H,9H2,(H,19,20). The molecule has 1 amide bonds. The van der Waals surface area contributed by atoms with E-state index in [0.717, 1.165) is 11.1 Å². The molecule has 1 N–H and O–H groups in total. The number of aromatic nitrogens is 1. The maximum atomic E-state index is 12.1. The number of nitrogens with one attached hydrogen (secondary N) is 1. The Bertz CT molecular complexity index is 597. The summed E-state index contributed by atoms with van der Waals surface area (Å²) in [7, 11) is 0. The van der Waals surface area contributed by atoms with Crippen molar-refractivity contribution >= 4 is 5.91 Å². The number of amides is 1. The van der Waals surface area contributed by atoms with E-state index >= 15 is 0 Å². The van der Waals surface area contributed by atoms with Crippen molar-refractivity contribution in [1.29, 1.82) is 0 Å². The first-order chi connectivity index (χ1) is 9.47. The van der Waals surface area contributed by atoms with Crippen molar-refractivity contribution in [1.82, 2.24) is 10.3 Å². The molecule has 104 valence electrons. The Kier molecular flexibility index (Phi) is 4.02. The molecule has 6 heteroatoms. The van der Waals surface area contributed by atoms with Gasteiger partial charge in [0, 0.05) is 18.9 Å². The highest BCUT2D eigenvalue weighted by Gasteiger charge is 2.38. The predicted octanol–water partition coefficient (Wildman–Crippen LogP) is 2.93. The topological polar surface area (TPSA) is 42.0 Å². The first-order valence-electron chi connectivity index (χ1n) is 5.81. The number of benzene rings is 1. The third kappa shape index (κ3) is 3.57. The summed E-state index contributed by atoms with van der Waals surface area (Å²) in [5.41, 5.74) is 2.35. The molecule has 0 aliphatic heterocycles. The van der Waals surface area contributed by atoms with Crippen LogP contribution >= 0.6 is 0 Å². The van der Waals surface area contributed by atoms with Gasteiger partial charge in [-0.1, -0.05) is 18.2 Å². The summed E-state index contributed by atoms with van der Waals surface area (Å²) >= 11 is 0. The van der Waals surface area contributed by atoms with Gasteiger partial charge < -0.3 is 5.32 Å². The Labute approximate surface area is 113 Å². The average Bonchev–Trinajstić information content (AvgIpc) is 2.45. The molecule has 0 aliphatic rings.